The summed E-state index contributed by atoms with van der Waals surface area (Å²) in [5, 5.41) is 1.16. The van der Waals surface area contributed by atoms with Gasteiger partial charge in [-0.3, -0.25) is 14.5 Å². The van der Waals surface area contributed by atoms with Crippen LogP contribution in [0.3, 0.4) is 0 Å². The highest BCUT2D eigenvalue weighted by Gasteiger charge is 2.44. The molecule has 0 saturated carbocycles. The van der Waals surface area contributed by atoms with Gasteiger partial charge in [0.25, 0.3) is 5.91 Å². The monoisotopic (exact) mass is 453 g/mol. The number of carbonyl (C=O) groups is 2. The van der Waals surface area contributed by atoms with Crippen LogP contribution in [-0.4, -0.2) is 41.4 Å². The second kappa shape index (κ2) is 7.00. The van der Waals surface area contributed by atoms with Gasteiger partial charge in [-0.25, -0.2) is 4.90 Å². The summed E-state index contributed by atoms with van der Waals surface area (Å²) >= 11 is 3.61. The summed E-state index contributed by atoms with van der Waals surface area (Å²) in [5.74, 6) is 0.165. The van der Waals surface area contributed by atoms with Crippen LogP contribution >= 0.6 is 15.9 Å². The number of carbonyl (C=O) groups excluding carboxylic acids is 2. The van der Waals surface area contributed by atoms with E-state index < -0.39 is 6.04 Å². The lowest BCUT2D eigenvalue weighted by molar-refractivity contribution is -0.123. The number of halogens is 1. The van der Waals surface area contributed by atoms with Crippen molar-refractivity contribution in [1.29, 1.82) is 0 Å². The van der Waals surface area contributed by atoms with E-state index >= 15 is 0 Å². The Morgan fingerprint density at radius 1 is 1.14 bits per heavy atom. The number of hydrogen-bond donors (Lipinski definition) is 1. The Balaban J connectivity index is 1.46. The number of benzene rings is 2. The van der Waals surface area contributed by atoms with Gasteiger partial charge >= 0.3 is 0 Å². The fraction of sp³-hybridized carbons (Fsp3) is 0.273. The molecule has 6 nitrogen and oxygen atoms in total. The van der Waals surface area contributed by atoms with Gasteiger partial charge in [-0.15, -0.1) is 0 Å². The number of methoxy groups -OCH3 is 1. The molecule has 3 heterocycles. The normalized spacial score (nSPS) is 19.8. The first kappa shape index (κ1) is 18.4. The summed E-state index contributed by atoms with van der Waals surface area (Å²) in [6.07, 6.45) is 1.02. The van der Waals surface area contributed by atoms with Crippen molar-refractivity contribution in [3.63, 3.8) is 0 Å². The Morgan fingerprint density at radius 3 is 2.79 bits per heavy atom. The summed E-state index contributed by atoms with van der Waals surface area (Å²) in [4.78, 5) is 32.9. The van der Waals surface area contributed by atoms with Crippen LogP contribution < -0.4 is 9.64 Å². The van der Waals surface area contributed by atoms with Crippen LogP contribution in [0.15, 0.2) is 46.9 Å². The molecule has 3 aromatic rings. The smallest absolute Gasteiger partial charge is 0.251 e. The molecular formula is C22H20BrN3O3. The Kier molecular flexibility index (Phi) is 4.44. The van der Waals surface area contributed by atoms with E-state index in [0.717, 1.165) is 28.3 Å². The van der Waals surface area contributed by atoms with Crippen LogP contribution in [0, 0.1) is 0 Å². The third-order valence-corrected chi connectivity index (χ3v) is 6.54. The van der Waals surface area contributed by atoms with E-state index in [0.29, 0.717) is 18.0 Å². The molecule has 0 bridgehead atoms. The second-order valence-electron chi connectivity index (χ2n) is 7.42. The van der Waals surface area contributed by atoms with E-state index in [9.17, 15) is 9.59 Å². The summed E-state index contributed by atoms with van der Waals surface area (Å²) < 4.78 is 6.40. The molecule has 7 heteroatoms. The molecule has 2 amide bonds. The molecule has 1 N–H and O–H groups in total. The third-order valence-electron chi connectivity index (χ3n) is 5.88. The highest BCUT2D eigenvalue weighted by Crippen LogP contribution is 2.36. The Labute approximate surface area is 176 Å². The predicted molar refractivity (Wildman–Crippen MR) is 114 cm³/mol. The molecular weight excluding hydrogens is 434 g/mol. The summed E-state index contributed by atoms with van der Waals surface area (Å²) in [5.41, 5.74) is 4.02. The third kappa shape index (κ3) is 2.88. The molecule has 1 fully saturated rings. The quantitative estimate of drug-likeness (QED) is 0.614. The molecule has 1 aromatic heterocycles. The van der Waals surface area contributed by atoms with E-state index in [-0.39, 0.29) is 18.2 Å². The van der Waals surface area contributed by atoms with Crippen molar-refractivity contribution in [3.8, 4) is 5.75 Å². The van der Waals surface area contributed by atoms with Gasteiger partial charge in [-0.1, -0.05) is 24.3 Å². The van der Waals surface area contributed by atoms with E-state index in [1.54, 1.807) is 19.2 Å². The van der Waals surface area contributed by atoms with Crippen LogP contribution in [-0.2, 0) is 22.6 Å². The molecule has 1 atom stereocenters. The van der Waals surface area contributed by atoms with Crippen LogP contribution in [0.5, 0.6) is 5.75 Å². The van der Waals surface area contributed by atoms with Crippen LogP contribution in [0.1, 0.15) is 17.7 Å². The number of hydrogen-bond acceptors (Lipinski definition) is 4. The predicted octanol–water partition coefficient (Wildman–Crippen LogP) is 3.63. The maximum atomic E-state index is 13.2. The van der Waals surface area contributed by atoms with Gasteiger partial charge in [-0.05, 0) is 39.7 Å². The number of anilines is 1. The topological polar surface area (TPSA) is 65.6 Å². The first-order chi connectivity index (χ1) is 14.1. The van der Waals surface area contributed by atoms with E-state index in [1.807, 2.05) is 24.3 Å². The SMILES string of the molecule is COc1ccccc1N1C(=O)C[C@H](N2CCc3[nH]c4c(Br)cccc4c3C2)C1=O. The zero-order chi connectivity index (χ0) is 20.1. The van der Waals surface area contributed by atoms with Gasteiger partial charge in [0, 0.05) is 35.1 Å². The van der Waals surface area contributed by atoms with Crippen LogP contribution in [0.25, 0.3) is 10.9 Å². The summed E-state index contributed by atoms with van der Waals surface area (Å²) in [6.45, 7) is 1.39. The fourth-order valence-electron chi connectivity index (χ4n) is 4.46. The zero-order valence-electron chi connectivity index (χ0n) is 15.9. The Bertz CT molecular complexity index is 1140. The minimum Gasteiger partial charge on any atom is -0.495 e. The number of nitrogens with one attached hydrogen (secondary N) is 1. The van der Waals surface area contributed by atoms with Crippen molar-refractivity contribution in [2.24, 2.45) is 0 Å². The molecule has 2 aliphatic heterocycles. The van der Waals surface area contributed by atoms with Gasteiger partial charge in [0.15, 0.2) is 0 Å². The zero-order valence-corrected chi connectivity index (χ0v) is 17.5. The number of nitrogens with zero attached hydrogens (tertiary/aromatic N) is 2. The number of fused-ring (bicyclic) bond motifs is 3. The van der Waals surface area contributed by atoms with Crippen molar-refractivity contribution in [2.45, 2.75) is 25.4 Å². The molecule has 5 rings (SSSR count). The Hall–Kier alpha value is -2.64. The molecule has 2 aliphatic rings. The largest absolute Gasteiger partial charge is 0.495 e. The van der Waals surface area contributed by atoms with Crippen molar-refractivity contribution in [2.75, 3.05) is 18.6 Å². The maximum Gasteiger partial charge on any atom is 0.251 e. The van der Waals surface area contributed by atoms with E-state index in [1.165, 1.54) is 16.2 Å². The minimum atomic E-state index is -0.447. The number of ether oxygens (including phenoxy) is 1. The van der Waals surface area contributed by atoms with Crippen LogP contribution in [0.2, 0.25) is 0 Å². The molecule has 0 spiro atoms. The number of imide groups is 1. The van der Waals surface area contributed by atoms with Crippen molar-refractivity contribution < 1.29 is 14.3 Å². The lowest BCUT2D eigenvalue weighted by Gasteiger charge is -2.31. The number of H-pyrrole nitrogens is 1. The standard InChI is InChI=1S/C22H20BrN3O3/c1-29-19-8-3-2-7-17(19)26-20(27)11-18(22(26)28)25-10-9-16-14(12-25)13-5-4-6-15(23)21(13)24-16/h2-8,18,24H,9-12H2,1H3/t18-/m0/s1. The average Bonchev–Trinajstić information content (AvgIpc) is 3.25. The van der Waals surface area contributed by atoms with Gasteiger partial charge in [0.05, 0.1) is 30.8 Å². The van der Waals surface area contributed by atoms with Gasteiger partial charge in [0.1, 0.15) is 5.75 Å². The molecule has 0 aliphatic carbocycles. The van der Waals surface area contributed by atoms with Crippen LogP contribution in [0.4, 0.5) is 5.69 Å². The number of para-hydroxylation sites is 3. The first-order valence-electron chi connectivity index (χ1n) is 9.60. The summed E-state index contributed by atoms with van der Waals surface area (Å²) in [6, 6.07) is 12.8. The molecule has 29 heavy (non-hydrogen) atoms. The molecule has 1 saturated heterocycles. The van der Waals surface area contributed by atoms with Crippen molar-refractivity contribution in [1.82, 2.24) is 9.88 Å². The minimum absolute atomic E-state index is 0.177. The van der Waals surface area contributed by atoms with Gasteiger partial charge in [-0.2, -0.15) is 0 Å². The number of aromatic nitrogens is 1. The maximum absolute atomic E-state index is 13.2. The van der Waals surface area contributed by atoms with E-state index in [4.69, 9.17) is 4.74 Å². The number of aromatic amines is 1. The highest BCUT2D eigenvalue weighted by atomic mass is 79.9. The average molecular weight is 454 g/mol. The van der Waals surface area contributed by atoms with Gasteiger partial charge in [0.2, 0.25) is 5.91 Å². The first-order valence-corrected chi connectivity index (χ1v) is 10.4. The van der Waals surface area contributed by atoms with Crippen molar-refractivity contribution >= 4 is 44.3 Å². The number of amides is 2. The van der Waals surface area contributed by atoms with Gasteiger partial charge < -0.3 is 9.72 Å². The number of rotatable bonds is 3. The lowest BCUT2D eigenvalue weighted by Crippen LogP contribution is -2.44. The Morgan fingerprint density at radius 2 is 1.97 bits per heavy atom. The highest BCUT2D eigenvalue weighted by molar-refractivity contribution is 9.10. The molecule has 0 radical (unpaired) electrons. The summed E-state index contributed by atoms with van der Waals surface area (Å²) in [7, 11) is 1.54. The van der Waals surface area contributed by atoms with Crippen molar-refractivity contribution in [3.05, 3.63) is 58.2 Å². The molecule has 148 valence electrons. The fourth-order valence-corrected chi connectivity index (χ4v) is 4.92. The van der Waals surface area contributed by atoms with E-state index in [2.05, 4.69) is 31.9 Å². The second-order valence-corrected chi connectivity index (χ2v) is 8.28. The molecule has 2 aromatic carbocycles. The lowest BCUT2D eigenvalue weighted by atomic mass is 10.0. The molecule has 0 unspecified atom stereocenters.